The van der Waals surface area contributed by atoms with Gasteiger partial charge in [-0.05, 0) is 176 Å². The van der Waals surface area contributed by atoms with E-state index in [1.54, 1.807) is 0 Å². The Balaban J connectivity index is 0.000000137. The van der Waals surface area contributed by atoms with Crippen LogP contribution in [0.25, 0.3) is 211 Å². The Morgan fingerprint density at radius 2 is 0.560 bits per heavy atom. The molecule has 24 rings (SSSR count). The average Bonchev–Trinajstić information content (AvgIpc) is 1.55. The summed E-state index contributed by atoms with van der Waals surface area (Å²) in [6, 6.07) is 130. The highest BCUT2D eigenvalue weighted by Gasteiger charge is 2.40. The van der Waals surface area contributed by atoms with Crippen LogP contribution in [0.1, 0.15) is 49.9 Å². The van der Waals surface area contributed by atoms with E-state index in [1.165, 1.54) is 98.9 Å². The normalized spacial score (nSPS) is 13.1. The highest BCUT2D eigenvalue weighted by molar-refractivity contribution is 6.16. The van der Waals surface area contributed by atoms with Gasteiger partial charge in [0.05, 0.1) is 44.7 Å². The zero-order valence-electron chi connectivity index (χ0n) is 64.1. The van der Waals surface area contributed by atoms with E-state index in [1.807, 2.05) is 66.7 Å². The number of para-hydroxylation sites is 5. The summed E-state index contributed by atoms with van der Waals surface area (Å²) in [5.41, 5.74) is 34.5. The van der Waals surface area contributed by atoms with Crippen LogP contribution in [0.5, 0.6) is 0 Å². The lowest BCUT2D eigenvalue weighted by molar-refractivity contribution is 0.647. The fourth-order valence-electron chi connectivity index (χ4n) is 18.7. The molecule has 0 radical (unpaired) electrons. The maximum Gasteiger partial charge on any atom is 0.160 e. The van der Waals surface area contributed by atoms with E-state index in [0.29, 0.717) is 5.82 Å². The molecule has 22 aromatic rings. The summed E-state index contributed by atoms with van der Waals surface area (Å²) < 4.78 is 17.6. The van der Waals surface area contributed by atoms with Gasteiger partial charge in [0.2, 0.25) is 0 Å². The van der Waals surface area contributed by atoms with Crippen LogP contribution in [-0.4, -0.2) is 29.1 Å². The van der Waals surface area contributed by atoms with E-state index in [0.717, 1.165) is 128 Å². The number of hydrogen-bond donors (Lipinski definition) is 0. The van der Waals surface area contributed by atoms with Gasteiger partial charge in [-0.2, -0.15) is 0 Å². The van der Waals surface area contributed by atoms with Gasteiger partial charge < -0.3 is 18.0 Å². The van der Waals surface area contributed by atoms with Gasteiger partial charge >= 0.3 is 0 Å². The van der Waals surface area contributed by atoms with Crippen molar-refractivity contribution in [1.82, 2.24) is 29.1 Å². The van der Waals surface area contributed by atoms with Crippen molar-refractivity contribution in [1.29, 1.82) is 0 Å². The van der Waals surface area contributed by atoms with E-state index in [4.69, 9.17) is 28.8 Å². The van der Waals surface area contributed by atoms with E-state index in [2.05, 4.69) is 334 Å². The first-order valence-electron chi connectivity index (χ1n) is 39.8. The highest BCUT2D eigenvalue weighted by Crippen LogP contribution is 2.55. The van der Waals surface area contributed by atoms with Crippen LogP contribution in [0.3, 0.4) is 0 Å². The number of fused-ring (bicyclic) bond motifs is 19. The van der Waals surface area contributed by atoms with Gasteiger partial charge in [0.15, 0.2) is 11.6 Å². The van der Waals surface area contributed by atoms with Gasteiger partial charge in [-0.15, -0.1) is 0 Å². The molecule has 8 nitrogen and oxygen atoms in total. The zero-order valence-corrected chi connectivity index (χ0v) is 64.1. The van der Waals surface area contributed by atoms with Gasteiger partial charge in [-0.25, -0.2) is 19.9 Å². The Morgan fingerprint density at radius 3 is 1.03 bits per heavy atom. The van der Waals surface area contributed by atoms with Crippen LogP contribution >= 0.6 is 0 Å². The summed E-state index contributed by atoms with van der Waals surface area (Å²) in [6.45, 7) is 9.39. The molecule has 546 valence electrons. The molecule has 0 aliphatic heterocycles. The standard InChI is InChI=1S/C55H37N3O.C53H35N3O/c1-55(2)46-31-51-44(29-42(46)43-30-45-41-18-10-12-20-52(41)59-53(45)32-47(43)55)40-17-9-11-19-50(40)58(51)39-27-25-35(26-28-39)34-21-23-37(24-22-34)49-33-48(36-13-5-3-6-14-36)56-54(57-49)38-15-7-4-8-16-38;1-53(2)44-30-48-42(28-40(44)41-29-43-38-15-8-11-19-49(38)57-50(43)31-45(41)53)37-14-7-10-18-47(37)56(48)36-26-24-33(25-27-36)32-20-22-35(23-21-32)52-54-46-17-9-6-16-39(46)51(55-52)34-12-4-3-5-13-34/h3-33H,1-2H3;3-31H,1-2H3. The summed E-state index contributed by atoms with van der Waals surface area (Å²) in [6.07, 6.45) is 0. The molecule has 2 aliphatic carbocycles. The minimum atomic E-state index is -0.193. The fourth-order valence-corrected chi connectivity index (χ4v) is 18.7. The average molecular weight is 1490 g/mol. The first-order valence-corrected chi connectivity index (χ1v) is 39.8. The number of benzene rings is 16. The van der Waals surface area contributed by atoms with Crippen molar-refractivity contribution >= 4 is 98.4 Å². The highest BCUT2D eigenvalue weighted by atomic mass is 16.3. The lowest BCUT2D eigenvalue weighted by atomic mass is 9.82. The van der Waals surface area contributed by atoms with Gasteiger partial charge in [0, 0.05) is 98.5 Å². The molecule has 16 aromatic carbocycles. The summed E-state index contributed by atoms with van der Waals surface area (Å²) in [5.74, 6) is 1.44. The van der Waals surface area contributed by atoms with Gasteiger partial charge in [0.25, 0.3) is 0 Å². The third-order valence-electron chi connectivity index (χ3n) is 24.7. The summed E-state index contributed by atoms with van der Waals surface area (Å²) in [5, 5.41) is 10.7. The van der Waals surface area contributed by atoms with Crippen molar-refractivity contribution in [3.05, 3.63) is 386 Å². The van der Waals surface area contributed by atoms with Crippen molar-refractivity contribution < 1.29 is 8.83 Å². The predicted molar refractivity (Wildman–Crippen MR) is 478 cm³/mol. The Labute approximate surface area is 669 Å². The number of nitrogens with zero attached hydrogens (tertiary/aromatic N) is 6. The number of rotatable bonds is 9. The van der Waals surface area contributed by atoms with Crippen LogP contribution in [-0.2, 0) is 10.8 Å². The Kier molecular flexibility index (Phi) is 14.9. The quantitative estimate of drug-likeness (QED) is 0.143. The molecule has 0 unspecified atom stereocenters. The van der Waals surface area contributed by atoms with Crippen molar-refractivity contribution in [3.8, 4) is 112 Å². The lowest BCUT2D eigenvalue weighted by Crippen LogP contribution is -2.15. The lowest BCUT2D eigenvalue weighted by Gasteiger charge is -2.21. The molecule has 0 bridgehead atoms. The van der Waals surface area contributed by atoms with E-state index in [9.17, 15) is 0 Å². The first-order chi connectivity index (χ1) is 57.0. The molecule has 0 amide bonds. The summed E-state index contributed by atoms with van der Waals surface area (Å²) in [7, 11) is 0. The van der Waals surface area contributed by atoms with Crippen LogP contribution < -0.4 is 0 Å². The molecule has 116 heavy (non-hydrogen) atoms. The second-order valence-corrected chi connectivity index (χ2v) is 32.0. The maximum atomic E-state index is 6.36. The van der Waals surface area contributed by atoms with E-state index >= 15 is 0 Å². The van der Waals surface area contributed by atoms with Gasteiger partial charge in [-0.1, -0.05) is 282 Å². The SMILES string of the molecule is CC1(C)c2cc3oc4ccccc4c3cc2-c2cc3c4ccccc4n(-c4ccc(-c5ccc(-c6cc(-c7ccccc7)nc(-c7ccccc7)n6)cc5)cc4)c3cc21.CC1(C)c2cc3oc4ccccc4c3cc2-c2cc3c4ccccc4n(-c4ccc(-c5ccc(-c6nc(-c7ccccc7)c7ccccc7n6)cc5)cc4)c3cc21. The molecular weight excluding hydrogens is 1410 g/mol. The minimum Gasteiger partial charge on any atom is -0.456 e. The predicted octanol–water partition coefficient (Wildman–Crippen LogP) is 28.4. The second kappa shape index (κ2) is 25.8. The molecule has 8 heteroatoms. The minimum absolute atomic E-state index is 0.190. The zero-order chi connectivity index (χ0) is 77.1. The van der Waals surface area contributed by atoms with Crippen molar-refractivity contribution in [3.63, 3.8) is 0 Å². The smallest absolute Gasteiger partial charge is 0.160 e. The van der Waals surface area contributed by atoms with Crippen molar-refractivity contribution in [2.75, 3.05) is 0 Å². The number of aromatic nitrogens is 6. The molecule has 0 spiro atoms. The van der Waals surface area contributed by atoms with Crippen LogP contribution in [0, 0.1) is 0 Å². The molecule has 0 fully saturated rings. The molecule has 0 saturated carbocycles. The number of hydrogen-bond acceptors (Lipinski definition) is 6. The van der Waals surface area contributed by atoms with Crippen LogP contribution in [0.15, 0.2) is 373 Å². The monoisotopic (exact) mass is 1480 g/mol. The van der Waals surface area contributed by atoms with Crippen molar-refractivity contribution in [2.45, 2.75) is 38.5 Å². The second-order valence-electron chi connectivity index (χ2n) is 32.0. The molecule has 6 aromatic heterocycles. The van der Waals surface area contributed by atoms with Gasteiger partial charge in [-0.3, -0.25) is 0 Å². The van der Waals surface area contributed by atoms with Crippen molar-refractivity contribution in [2.24, 2.45) is 0 Å². The van der Waals surface area contributed by atoms with E-state index in [-0.39, 0.29) is 10.8 Å². The molecule has 0 atom stereocenters. The maximum absolute atomic E-state index is 6.36. The van der Waals surface area contributed by atoms with Crippen LogP contribution in [0.4, 0.5) is 0 Å². The summed E-state index contributed by atoms with van der Waals surface area (Å²) in [4.78, 5) is 20.1. The summed E-state index contributed by atoms with van der Waals surface area (Å²) >= 11 is 0. The Bertz CT molecular complexity index is 7710. The van der Waals surface area contributed by atoms with Gasteiger partial charge in [0.1, 0.15) is 22.3 Å². The molecule has 6 heterocycles. The largest absolute Gasteiger partial charge is 0.456 e. The van der Waals surface area contributed by atoms with Crippen LogP contribution in [0.2, 0.25) is 0 Å². The first kappa shape index (κ1) is 66.9. The third-order valence-corrected chi connectivity index (χ3v) is 24.7. The molecule has 0 N–H and O–H groups in total. The number of furan rings is 2. The van der Waals surface area contributed by atoms with E-state index < -0.39 is 0 Å². The molecular formula is C108H72N6O2. The topological polar surface area (TPSA) is 87.7 Å². The molecule has 2 aliphatic rings. The fraction of sp³-hybridized carbons (Fsp3) is 0.0556. The molecule has 0 saturated heterocycles. The Hall–Kier alpha value is -14.9. The Morgan fingerprint density at radius 1 is 0.224 bits per heavy atom. The third kappa shape index (κ3) is 10.6.